The smallest absolute Gasteiger partial charge is 0.343 e. The molecule has 0 aliphatic rings. The van der Waals surface area contributed by atoms with E-state index in [2.05, 4.69) is 47.8 Å². The van der Waals surface area contributed by atoms with Crippen LogP contribution in [0.15, 0.2) is 49.8 Å². The van der Waals surface area contributed by atoms with Gasteiger partial charge in [0.15, 0.2) is 0 Å². The summed E-state index contributed by atoms with van der Waals surface area (Å²) in [6, 6.07) is 10.5. The molecule has 22 heavy (non-hydrogen) atoms. The Labute approximate surface area is 154 Å². The molecule has 2 rings (SSSR count). The minimum Gasteiger partial charge on any atom is -0.490 e. The molecule has 0 atom stereocenters. The Kier molecular flexibility index (Phi) is 6.06. The molecule has 0 aliphatic heterocycles. The summed E-state index contributed by atoms with van der Waals surface area (Å²) >= 11 is 10.1. The van der Waals surface area contributed by atoms with Gasteiger partial charge >= 0.3 is 5.97 Å². The number of carbonyl (C=O) groups is 1. The van der Waals surface area contributed by atoms with Gasteiger partial charge in [-0.05, 0) is 82.1 Å². The summed E-state index contributed by atoms with van der Waals surface area (Å²) in [5.74, 6) is 0.725. The van der Waals surface area contributed by atoms with Crippen molar-refractivity contribution in [3.8, 4) is 11.5 Å². The lowest BCUT2D eigenvalue weighted by molar-refractivity contribution is 0.0733. The maximum atomic E-state index is 12.2. The second-order valence-corrected chi connectivity index (χ2v) is 7.40. The van der Waals surface area contributed by atoms with Gasteiger partial charge < -0.3 is 9.47 Å². The summed E-state index contributed by atoms with van der Waals surface area (Å²) in [5, 5.41) is 0. The fourth-order valence-corrected chi connectivity index (χ4v) is 3.29. The first-order chi connectivity index (χ1) is 10.4. The number of hydrogen-bond acceptors (Lipinski definition) is 3. The lowest BCUT2D eigenvalue weighted by atomic mass is 10.2. The summed E-state index contributed by atoms with van der Waals surface area (Å²) in [6.07, 6.45) is 0.0628. The third-order valence-corrected chi connectivity index (χ3v) is 4.36. The molecule has 3 nitrogen and oxygen atoms in total. The second kappa shape index (κ2) is 7.62. The van der Waals surface area contributed by atoms with Crippen LogP contribution in [0.4, 0.5) is 0 Å². The van der Waals surface area contributed by atoms with Crippen molar-refractivity contribution < 1.29 is 14.3 Å². The highest BCUT2D eigenvalue weighted by Gasteiger charge is 2.14. The second-order valence-electron chi connectivity index (χ2n) is 4.78. The first kappa shape index (κ1) is 17.5. The van der Waals surface area contributed by atoms with Crippen LogP contribution in [-0.2, 0) is 0 Å². The Morgan fingerprint density at radius 3 is 2.18 bits per heavy atom. The highest BCUT2D eigenvalue weighted by atomic mass is 79.9. The van der Waals surface area contributed by atoms with E-state index in [4.69, 9.17) is 9.47 Å². The van der Waals surface area contributed by atoms with Crippen LogP contribution in [0.25, 0.3) is 0 Å². The molecular weight excluding hydrogens is 480 g/mol. The molecule has 0 aliphatic carbocycles. The van der Waals surface area contributed by atoms with E-state index in [0.717, 1.165) is 4.47 Å². The molecule has 2 aromatic rings. The van der Waals surface area contributed by atoms with Crippen molar-refractivity contribution >= 4 is 53.8 Å². The van der Waals surface area contributed by atoms with Crippen LogP contribution in [0.2, 0.25) is 0 Å². The van der Waals surface area contributed by atoms with Crippen LogP contribution in [0.5, 0.6) is 11.5 Å². The highest BCUT2D eigenvalue weighted by molar-refractivity contribution is 9.11. The topological polar surface area (TPSA) is 35.5 Å². The van der Waals surface area contributed by atoms with E-state index in [9.17, 15) is 4.79 Å². The largest absolute Gasteiger partial charge is 0.490 e. The van der Waals surface area contributed by atoms with Gasteiger partial charge in [-0.1, -0.05) is 15.9 Å². The fraction of sp³-hybridized carbons (Fsp3) is 0.188. The molecule has 0 saturated carbocycles. The van der Waals surface area contributed by atoms with Gasteiger partial charge in [0.2, 0.25) is 0 Å². The molecule has 0 N–H and O–H groups in total. The third kappa shape index (κ3) is 4.57. The molecule has 0 spiro atoms. The Morgan fingerprint density at radius 2 is 1.59 bits per heavy atom. The number of halogens is 3. The van der Waals surface area contributed by atoms with Gasteiger partial charge in [-0.3, -0.25) is 0 Å². The first-order valence-electron chi connectivity index (χ1n) is 6.50. The van der Waals surface area contributed by atoms with E-state index in [1.807, 2.05) is 26.0 Å². The number of esters is 1. The van der Waals surface area contributed by atoms with Crippen molar-refractivity contribution in [1.82, 2.24) is 0 Å². The molecule has 0 saturated heterocycles. The maximum Gasteiger partial charge on any atom is 0.343 e. The van der Waals surface area contributed by atoms with E-state index in [-0.39, 0.29) is 6.10 Å². The monoisotopic (exact) mass is 490 g/mol. The van der Waals surface area contributed by atoms with Gasteiger partial charge in [0.1, 0.15) is 11.5 Å². The lowest BCUT2D eigenvalue weighted by Gasteiger charge is -2.12. The van der Waals surface area contributed by atoms with Crippen LogP contribution in [-0.4, -0.2) is 12.1 Å². The number of carbonyl (C=O) groups excluding carboxylic acids is 1. The minimum atomic E-state index is -0.431. The van der Waals surface area contributed by atoms with E-state index in [0.29, 0.717) is 26.0 Å². The number of benzene rings is 2. The Hall–Kier alpha value is -0.850. The molecule has 0 amide bonds. The first-order valence-corrected chi connectivity index (χ1v) is 8.88. The van der Waals surface area contributed by atoms with E-state index < -0.39 is 5.97 Å². The summed E-state index contributed by atoms with van der Waals surface area (Å²) in [5.41, 5.74) is 0.442. The summed E-state index contributed by atoms with van der Waals surface area (Å²) in [4.78, 5) is 12.2. The van der Waals surface area contributed by atoms with Crippen molar-refractivity contribution in [1.29, 1.82) is 0 Å². The van der Waals surface area contributed by atoms with E-state index >= 15 is 0 Å². The molecule has 0 aromatic heterocycles. The normalized spacial score (nSPS) is 10.6. The van der Waals surface area contributed by atoms with Crippen LogP contribution < -0.4 is 9.47 Å². The quantitative estimate of drug-likeness (QED) is 0.389. The Balaban J connectivity index is 2.17. The van der Waals surface area contributed by atoms with Crippen molar-refractivity contribution in [2.75, 3.05) is 0 Å². The number of hydrogen-bond donors (Lipinski definition) is 0. The van der Waals surface area contributed by atoms with Crippen molar-refractivity contribution in [3.05, 3.63) is 55.4 Å². The highest BCUT2D eigenvalue weighted by Crippen LogP contribution is 2.30. The Bertz CT molecular complexity index is 699. The molecule has 0 heterocycles. The minimum absolute atomic E-state index is 0.0628. The fourth-order valence-electron chi connectivity index (χ4n) is 1.69. The summed E-state index contributed by atoms with van der Waals surface area (Å²) < 4.78 is 13.3. The molecule has 0 unspecified atom stereocenters. The molecule has 2 aromatic carbocycles. The van der Waals surface area contributed by atoms with Crippen LogP contribution >= 0.6 is 47.8 Å². The van der Waals surface area contributed by atoms with Gasteiger partial charge in [-0.25, -0.2) is 4.79 Å². The predicted octanol–water partition coefficient (Wildman–Crippen LogP) is 5.98. The summed E-state index contributed by atoms with van der Waals surface area (Å²) in [7, 11) is 0. The van der Waals surface area contributed by atoms with Crippen LogP contribution in [0.3, 0.4) is 0 Å². The summed E-state index contributed by atoms with van der Waals surface area (Å²) in [6.45, 7) is 3.89. The molecule has 6 heteroatoms. The molecule has 0 bridgehead atoms. The van der Waals surface area contributed by atoms with Crippen molar-refractivity contribution in [3.63, 3.8) is 0 Å². The predicted molar refractivity (Wildman–Crippen MR) is 96.7 cm³/mol. The zero-order chi connectivity index (χ0) is 16.3. The van der Waals surface area contributed by atoms with Gasteiger partial charge in [0, 0.05) is 4.47 Å². The SMILES string of the molecule is CC(C)Oc1ccc(C(=O)Oc2ccc(Br)cc2Br)cc1Br. The van der Waals surface area contributed by atoms with Gasteiger partial charge in [-0.15, -0.1) is 0 Å². The van der Waals surface area contributed by atoms with Gasteiger partial charge in [0.25, 0.3) is 0 Å². The maximum absolute atomic E-state index is 12.2. The molecule has 0 fully saturated rings. The zero-order valence-corrected chi connectivity index (χ0v) is 16.7. The third-order valence-electron chi connectivity index (χ3n) is 2.63. The standard InChI is InChI=1S/C16H13Br3O3/c1-9(2)21-14-5-3-10(7-12(14)18)16(20)22-15-6-4-11(17)8-13(15)19/h3-9H,1-2H3. The zero-order valence-electron chi connectivity index (χ0n) is 11.9. The Morgan fingerprint density at radius 1 is 0.955 bits per heavy atom. The average molecular weight is 493 g/mol. The van der Waals surface area contributed by atoms with Crippen molar-refractivity contribution in [2.45, 2.75) is 20.0 Å². The molecular formula is C16H13Br3O3. The average Bonchev–Trinajstić information content (AvgIpc) is 2.43. The molecule has 0 radical (unpaired) electrons. The van der Waals surface area contributed by atoms with Gasteiger partial charge in [0.05, 0.1) is 20.6 Å². The lowest BCUT2D eigenvalue weighted by Crippen LogP contribution is -2.10. The van der Waals surface area contributed by atoms with Crippen LogP contribution in [0, 0.1) is 0 Å². The van der Waals surface area contributed by atoms with E-state index in [1.54, 1.807) is 24.3 Å². The van der Waals surface area contributed by atoms with E-state index in [1.165, 1.54) is 0 Å². The number of ether oxygens (including phenoxy) is 2. The van der Waals surface area contributed by atoms with Crippen LogP contribution in [0.1, 0.15) is 24.2 Å². The van der Waals surface area contributed by atoms with Gasteiger partial charge in [-0.2, -0.15) is 0 Å². The molecule has 116 valence electrons. The number of rotatable bonds is 4. The van der Waals surface area contributed by atoms with Crippen molar-refractivity contribution in [2.24, 2.45) is 0 Å².